The molecule has 2 nitrogen and oxygen atoms in total. The molecule has 0 radical (unpaired) electrons. The van der Waals surface area contributed by atoms with Crippen LogP contribution in [0.2, 0.25) is 18.1 Å². The number of ketones is 1. The molecule has 1 atom stereocenters. The first-order valence-electron chi connectivity index (χ1n) is 6.09. The fourth-order valence-corrected chi connectivity index (χ4v) is 2.90. The number of allylic oxidation sites excluding steroid dienone is 1. The highest BCUT2D eigenvalue weighted by Crippen LogP contribution is 2.38. The summed E-state index contributed by atoms with van der Waals surface area (Å²) in [5.41, 5.74) is 0.948. The molecule has 0 amide bonds. The van der Waals surface area contributed by atoms with E-state index in [1.165, 1.54) is 0 Å². The van der Waals surface area contributed by atoms with Crippen LogP contribution in [0.25, 0.3) is 0 Å². The molecule has 1 aliphatic carbocycles. The maximum absolute atomic E-state index is 11.6. The molecule has 0 N–H and O–H groups in total. The molecule has 0 heterocycles. The summed E-state index contributed by atoms with van der Waals surface area (Å²) in [5, 5.41) is 0.207. The molecule has 0 saturated heterocycles. The highest BCUT2D eigenvalue weighted by Gasteiger charge is 2.40. The predicted molar refractivity (Wildman–Crippen MR) is 70.1 cm³/mol. The maximum Gasteiger partial charge on any atom is 0.192 e. The summed E-state index contributed by atoms with van der Waals surface area (Å²) in [6.45, 7) is 13.2. The molecule has 1 rings (SSSR count). The number of Topliss-reactive ketones (excluding diaryl/α,β-unsaturated/α-hetero) is 1. The van der Waals surface area contributed by atoms with E-state index in [2.05, 4.69) is 33.9 Å². The summed E-state index contributed by atoms with van der Waals surface area (Å²) >= 11 is 0. The Hall–Kier alpha value is -0.413. The molecule has 0 aromatic carbocycles. The van der Waals surface area contributed by atoms with Crippen LogP contribution in [0.1, 0.15) is 40.5 Å². The van der Waals surface area contributed by atoms with Crippen molar-refractivity contribution in [3.05, 3.63) is 11.6 Å². The van der Waals surface area contributed by atoms with Crippen LogP contribution >= 0.6 is 0 Å². The molecule has 16 heavy (non-hydrogen) atoms. The summed E-state index contributed by atoms with van der Waals surface area (Å²) in [4.78, 5) is 11.6. The van der Waals surface area contributed by atoms with E-state index in [1.807, 2.05) is 13.0 Å². The molecule has 1 unspecified atom stereocenters. The number of carbonyl (C=O) groups is 1. The first-order valence-corrected chi connectivity index (χ1v) is 9.00. The van der Waals surface area contributed by atoms with E-state index in [4.69, 9.17) is 4.43 Å². The Labute approximate surface area is 100 Å². The third-order valence-corrected chi connectivity index (χ3v) is 8.27. The summed E-state index contributed by atoms with van der Waals surface area (Å²) < 4.78 is 6.21. The van der Waals surface area contributed by atoms with Gasteiger partial charge >= 0.3 is 0 Å². The Balaban J connectivity index is 2.71. The minimum atomic E-state index is -1.74. The molecule has 0 aromatic heterocycles. The fraction of sp³-hybridized carbons (Fsp3) is 0.769. The van der Waals surface area contributed by atoms with E-state index in [0.717, 1.165) is 12.0 Å². The van der Waals surface area contributed by atoms with Crippen LogP contribution in [0.15, 0.2) is 11.6 Å². The lowest BCUT2D eigenvalue weighted by molar-refractivity contribution is -0.115. The van der Waals surface area contributed by atoms with Crippen LogP contribution in [0.5, 0.6) is 0 Å². The number of carbonyl (C=O) groups excluding carboxylic acids is 1. The van der Waals surface area contributed by atoms with Crippen molar-refractivity contribution in [3.8, 4) is 0 Å². The van der Waals surface area contributed by atoms with Gasteiger partial charge in [-0.3, -0.25) is 4.79 Å². The average molecular weight is 240 g/mol. The van der Waals surface area contributed by atoms with Crippen molar-refractivity contribution < 1.29 is 9.22 Å². The van der Waals surface area contributed by atoms with Crippen LogP contribution < -0.4 is 0 Å². The van der Waals surface area contributed by atoms with Gasteiger partial charge in [-0.15, -0.1) is 0 Å². The van der Waals surface area contributed by atoms with Gasteiger partial charge in [0, 0.05) is 6.42 Å². The van der Waals surface area contributed by atoms with Crippen molar-refractivity contribution in [1.29, 1.82) is 0 Å². The van der Waals surface area contributed by atoms with Crippen LogP contribution in [0, 0.1) is 0 Å². The zero-order valence-electron chi connectivity index (χ0n) is 11.4. The largest absolute Gasteiger partial charge is 0.410 e. The molecule has 3 heteroatoms. The highest BCUT2D eigenvalue weighted by molar-refractivity contribution is 6.74. The minimum Gasteiger partial charge on any atom is -0.410 e. The third kappa shape index (κ3) is 2.83. The molecule has 0 fully saturated rings. The van der Waals surface area contributed by atoms with Crippen molar-refractivity contribution in [1.82, 2.24) is 0 Å². The van der Waals surface area contributed by atoms with E-state index >= 15 is 0 Å². The first-order chi connectivity index (χ1) is 7.17. The monoisotopic (exact) mass is 240 g/mol. The van der Waals surface area contributed by atoms with Gasteiger partial charge in [-0.25, -0.2) is 0 Å². The topological polar surface area (TPSA) is 26.3 Å². The van der Waals surface area contributed by atoms with Crippen molar-refractivity contribution in [2.24, 2.45) is 0 Å². The van der Waals surface area contributed by atoms with Crippen molar-refractivity contribution in [2.45, 2.75) is 64.8 Å². The van der Waals surface area contributed by atoms with Crippen LogP contribution in [0.4, 0.5) is 0 Å². The summed E-state index contributed by atoms with van der Waals surface area (Å²) in [5.74, 6) is 0.270. The second-order valence-corrected chi connectivity index (χ2v) is 10.8. The van der Waals surface area contributed by atoms with Crippen molar-refractivity contribution in [2.75, 3.05) is 0 Å². The predicted octanol–water partition coefficient (Wildman–Crippen LogP) is 3.69. The molecule has 0 saturated carbocycles. The van der Waals surface area contributed by atoms with Gasteiger partial charge in [-0.05, 0) is 36.2 Å². The maximum atomic E-state index is 11.6. The quantitative estimate of drug-likeness (QED) is 0.703. The molecule has 1 aliphatic rings. The molecule has 0 spiro atoms. The lowest BCUT2D eigenvalue weighted by atomic mass is 10.2. The minimum absolute atomic E-state index is 0.0309. The molecular weight excluding hydrogens is 216 g/mol. The van der Waals surface area contributed by atoms with Gasteiger partial charge in [-0.1, -0.05) is 27.7 Å². The fourth-order valence-electron chi connectivity index (χ4n) is 1.64. The van der Waals surface area contributed by atoms with Crippen LogP contribution in [-0.4, -0.2) is 20.2 Å². The van der Waals surface area contributed by atoms with E-state index in [1.54, 1.807) is 0 Å². The molecular formula is C13H24O2Si. The van der Waals surface area contributed by atoms with Gasteiger partial charge in [0.15, 0.2) is 14.1 Å². The Morgan fingerprint density at radius 1 is 1.44 bits per heavy atom. The Kier molecular flexibility index (Phi) is 3.80. The van der Waals surface area contributed by atoms with E-state index in [0.29, 0.717) is 6.42 Å². The van der Waals surface area contributed by atoms with Crippen LogP contribution in [0.3, 0.4) is 0 Å². The summed E-state index contributed by atoms with van der Waals surface area (Å²) in [6, 6.07) is 0. The lowest BCUT2D eigenvalue weighted by Crippen LogP contribution is -2.43. The average Bonchev–Trinajstić information content (AvgIpc) is 2.43. The highest BCUT2D eigenvalue weighted by atomic mass is 28.4. The van der Waals surface area contributed by atoms with Gasteiger partial charge in [0.2, 0.25) is 0 Å². The van der Waals surface area contributed by atoms with E-state index in [9.17, 15) is 4.79 Å². The van der Waals surface area contributed by atoms with Crippen molar-refractivity contribution in [3.63, 3.8) is 0 Å². The van der Waals surface area contributed by atoms with E-state index < -0.39 is 8.32 Å². The SMILES string of the molecule is CCC1=CC(O[Si](C)(C)C(C)(C)C)CC1=O. The number of hydrogen-bond acceptors (Lipinski definition) is 2. The number of hydrogen-bond donors (Lipinski definition) is 0. The standard InChI is InChI=1S/C13H24O2Si/c1-7-10-8-11(9-12(10)14)15-16(5,6)13(2,3)4/h8,11H,7,9H2,1-6H3. The van der Waals surface area contributed by atoms with Gasteiger partial charge in [-0.2, -0.15) is 0 Å². The second-order valence-electron chi connectivity index (χ2n) is 6.09. The van der Waals surface area contributed by atoms with Gasteiger partial charge < -0.3 is 4.43 Å². The summed E-state index contributed by atoms with van der Waals surface area (Å²) in [7, 11) is -1.74. The first kappa shape index (κ1) is 13.7. The normalized spacial score (nSPS) is 22.5. The second kappa shape index (κ2) is 4.45. The Morgan fingerprint density at radius 3 is 2.38 bits per heavy atom. The molecule has 0 bridgehead atoms. The smallest absolute Gasteiger partial charge is 0.192 e. The Morgan fingerprint density at radius 2 is 2.00 bits per heavy atom. The lowest BCUT2D eigenvalue weighted by Gasteiger charge is -2.37. The van der Waals surface area contributed by atoms with Gasteiger partial charge in [0.1, 0.15) is 0 Å². The van der Waals surface area contributed by atoms with E-state index in [-0.39, 0.29) is 16.9 Å². The zero-order valence-corrected chi connectivity index (χ0v) is 12.4. The summed E-state index contributed by atoms with van der Waals surface area (Å²) in [6.07, 6.45) is 3.44. The third-order valence-electron chi connectivity index (χ3n) is 3.76. The van der Waals surface area contributed by atoms with Gasteiger partial charge in [0.25, 0.3) is 0 Å². The van der Waals surface area contributed by atoms with Crippen molar-refractivity contribution >= 4 is 14.1 Å². The number of rotatable bonds is 3. The van der Waals surface area contributed by atoms with Gasteiger partial charge in [0.05, 0.1) is 6.10 Å². The molecule has 0 aromatic rings. The Bertz CT molecular complexity index is 310. The van der Waals surface area contributed by atoms with Crippen LogP contribution in [-0.2, 0) is 9.22 Å². The zero-order chi connectivity index (χ0) is 12.6. The molecule has 0 aliphatic heterocycles. The molecule has 92 valence electrons.